The van der Waals surface area contributed by atoms with Crippen molar-refractivity contribution in [1.29, 1.82) is 0 Å². The van der Waals surface area contributed by atoms with Gasteiger partial charge in [0.1, 0.15) is 0 Å². The SMILES string of the molecule is CCCC(CC)N(C)C=S. The third kappa shape index (κ3) is 3.16. The van der Waals surface area contributed by atoms with E-state index < -0.39 is 0 Å². The average Bonchev–Trinajstić information content (AvgIpc) is 1.99. The van der Waals surface area contributed by atoms with Crippen LogP contribution in [0.1, 0.15) is 33.1 Å². The summed E-state index contributed by atoms with van der Waals surface area (Å²) in [5.74, 6) is 0. The molecule has 1 nitrogen and oxygen atoms in total. The van der Waals surface area contributed by atoms with Crippen molar-refractivity contribution in [2.24, 2.45) is 0 Å². The van der Waals surface area contributed by atoms with Crippen LogP contribution >= 0.6 is 12.2 Å². The summed E-state index contributed by atoms with van der Waals surface area (Å²) in [5.41, 5.74) is 1.74. The molecule has 0 radical (unpaired) electrons. The summed E-state index contributed by atoms with van der Waals surface area (Å²) in [7, 11) is 2.05. The molecule has 0 N–H and O–H groups in total. The molecule has 0 rings (SSSR count). The van der Waals surface area contributed by atoms with E-state index in [2.05, 4.69) is 25.8 Å². The zero-order chi connectivity index (χ0) is 7.98. The van der Waals surface area contributed by atoms with Crippen molar-refractivity contribution in [3.63, 3.8) is 0 Å². The molecular weight excluding hydrogens is 142 g/mol. The van der Waals surface area contributed by atoms with Gasteiger partial charge in [-0.05, 0) is 12.8 Å². The second-order valence-corrected chi connectivity index (χ2v) is 2.83. The molecule has 0 saturated carbocycles. The summed E-state index contributed by atoms with van der Waals surface area (Å²) in [5, 5.41) is 0. The molecule has 60 valence electrons. The van der Waals surface area contributed by atoms with E-state index in [-0.39, 0.29) is 0 Å². The first-order valence-corrected chi connectivity index (χ1v) is 4.40. The molecule has 0 aromatic carbocycles. The Morgan fingerprint density at radius 2 is 2.10 bits per heavy atom. The minimum atomic E-state index is 0.655. The molecule has 0 bridgehead atoms. The second kappa shape index (κ2) is 5.66. The van der Waals surface area contributed by atoms with E-state index in [9.17, 15) is 0 Å². The van der Waals surface area contributed by atoms with Crippen molar-refractivity contribution < 1.29 is 0 Å². The summed E-state index contributed by atoms with van der Waals surface area (Å²) in [6.45, 7) is 4.41. The van der Waals surface area contributed by atoms with Crippen molar-refractivity contribution in [2.45, 2.75) is 39.2 Å². The van der Waals surface area contributed by atoms with Gasteiger partial charge >= 0.3 is 0 Å². The molecule has 0 spiro atoms. The summed E-state index contributed by atoms with van der Waals surface area (Å²) in [6.07, 6.45) is 3.68. The predicted molar refractivity (Wildman–Crippen MR) is 50.4 cm³/mol. The van der Waals surface area contributed by atoms with E-state index in [1.165, 1.54) is 19.3 Å². The summed E-state index contributed by atoms with van der Waals surface area (Å²) >= 11 is 4.83. The van der Waals surface area contributed by atoms with Gasteiger partial charge in [-0.1, -0.05) is 32.5 Å². The molecule has 10 heavy (non-hydrogen) atoms. The highest BCUT2D eigenvalue weighted by atomic mass is 32.1. The molecule has 0 fully saturated rings. The van der Waals surface area contributed by atoms with Crippen molar-refractivity contribution in [3.05, 3.63) is 0 Å². The molecular formula is C8H17NS. The van der Waals surface area contributed by atoms with Crippen molar-refractivity contribution in [1.82, 2.24) is 4.90 Å². The summed E-state index contributed by atoms with van der Waals surface area (Å²) in [6, 6.07) is 0.655. The van der Waals surface area contributed by atoms with Crippen LogP contribution in [-0.2, 0) is 0 Å². The van der Waals surface area contributed by atoms with Crippen LogP contribution in [0.3, 0.4) is 0 Å². The van der Waals surface area contributed by atoms with Gasteiger partial charge in [0, 0.05) is 13.1 Å². The standard InChI is InChI=1S/C8H17NS/c1-4-6-8(5-2)9(3)7-10/h7-8H,4-6H2,1-3H3. The van der Waals surface area contributed by atoms with E-state index in [1.807, 2.05) is 0 Å². The normalized spacial score (nSPS) is 12.7. The summed E-state index contributed by atoms with van der Waals surface area (Å²) in [4.78, 5) is 2.12. The maximum atomic E-state index is 4.83. The Kier molecular flexibility index (Phi) is 5.60. The molecule has 1 unspecified atom stereocenters. The maximum absolute atomic E-state index is 4.83. The molecule has 0 heterocycles. The highest BCUT2D eigenvalue weighted by Crippen LogP contribution is 2.06. The Bertz CT molecular complexity index is 93.3. The van der Waals surface area contributed by atoms with Gasteiger partial charge in [-0.25, -0.2) is 0 Å². The third-order valence-corrected chi connectivity index (χ3v) is 2.17. The lowest BCUT2D eigenvalue weighted by molar-refractivity contribution is 0.345. The first-order chi connectivity index (χ1) is 4.76. The van der Waals surface area contributed by atoms with Gasteiger partial charge in [0.25, 0.3) is 0 Å². The number of hydrogen-bond acceptors (Lipinski definition) is 1. The van der Waals surface area contributed by atoms with E-state index >= 15 is 0 Å². The van der Waals surface area contributed by atoms with Gasteiger partial charge in [0.05, 0.1) is 5.49 Å². The second-order valence-electron chi connectivity index (χ2n) is 2.62. The molecule has 0 amide bonds. The minimum Gasteiger partial charge on any atom is -0.369 e. The Hall–Kier alpha value is -0.110. The van der Waals surface area contributed by atoms with Crippen LogP contribution in [-0.4, -0.2) is 23.5 Å². The lowest BCUT2D eigenvalue weighted by Crippen LogP contribution is -2.28. The number of nitrogens with zero attached hydrogens (tertiary/aromatic N) is 1. The molecule has 0 aliphatic rings. The first-order valence-electron chi connectivity index (χ1n) is 3.93. The zero-order valence-electron chi connectivity index (χ0n) is 7.13. The summed E-state index contributed by atoms with van der Waals surface area (Å²) < 4.78 is 0. The fourth-order valence-corrected chi connectivity index (χ4v) is 1.29. The van der Waals surface area contributed by atoms with Gasteiger partial charge < -0.3 is 4.90 Å². The maximum Gasteiger partial charge on any atom is 0.0640 e. The fraction of sp³-hybridized carbons (Fsp3) is 0.875. The molecule has 0 saturated heterocycles. The number of hydrogen-bond donors (Lipinski definition) is 0. The molecule has 0 aliphatic heterocycles. The quantitative estimate of drug-likeness (QED) is 0.567. The van der Waals surface area contributed by atoms with Crippen molar-refractivity contribution in [2.75, 3.05) is 7.05 Å². The average molecular weight is 159 g/mol. The van der Waals surface area contributed by atoms with E-state index in [4.69, 9.17) is 12.2 Å². The Labute approximate surface area is 69.4 Å². The van der Waals surface area contributed by atoms with Crippen LogP contribution in [0.2, 0.25) is 0 Å². The van der Waals surface area contributed by atoms with Crippen LogP contribution in [0.15, 0.2) is 0 Å². The van der Waals surface area contributed by atoms with Gasteiger partial charge in [-0.2, -0.15) is 0 Å². The van der Waals surface area contributed by atoms with Gasteiger partial charge in [0.2, 0.25) is 0 Å². The monoisotopic (exact) mass is 159 g/mol. The van der Waals surface area contributed by atoms with E-state index in [0.29, 0.717) is 6.04 Å². The minimum absolute atomic E-state index is 0.655. The van der Waals surface area contributed by atoms with Gasteiger partial charge in [0.15, 0.2) is 0 Å². The number of rotatable bonds is 5. The van der Waals surface area contributed by atoms with Gasteiger partial charge in [-0.3, -0.25) is 0 Å². The molecule has 2 heteroatoms. The lowest BCUT2D eigenvalue weighted by Gasteiger charge is -2.23. The zero-order valence-corrected chi connectivity index (χ0v) is 7.95. The topological polar surface area (TPSA) is 3.24 Å². The molecule has 0 aromatic heterocycles. The molecule has 1 atom stereocenters. The van der Waals surface area contributed by atoms with E-state index in [1.54, 1.807) is 5.49 Å². The Morgan fingerprint density at radius 3 is 2.40 bits per heavy atom. The van der Waals surface area contributed by atoms with Crippen LogP contribution in [0.4, 0.5) is 0 Å². The van der Waals surface area contributed by atoms with Crippen LogP contribution in [0.25, 0.3) is 0 Å². The molecule has 0 aliphatic carbocycles. The largest absolute Gasteiger partial charge is 0.369 e. The highest BCUT2D eigenvalue weighted by Gasteiger charge is 2.06. The highest BCUT2D eigenvalue weighted by molar-refractivity contribution is 7.78. The molecule has 0 aromatic rings. The van der Waals surface area contributed by atoms with Crippen LogP contribution in [0, 0.1) is 0 Å². The van der Waals surface area contributed by atoms with Crippen LogP contribution < -0.4 is 0 Å². The Morgan fingerprint density at radius 1 is 1.50 bits per heavy atom. The van der Waals surface area contributed by atoms with Gasteiger partial charge in [-0.15, -0.1) is 0 Å². The van der Waals surface area contributed by atoms with Crippen molar-refractivity contribution in [3.8, 4) is 0 Å². The first kappa shape index (κ1) is 9.89. The fourth-order valence-electron chi connectivity index (χ4n) is 1.12. The van der Waals surface area contributed by atoms with Crippen LogP contribution in [0.5, 0.6) is 0 Å². The van der Waals surface area contributed by atoms with Crippen molar-refractivity contribution >= 4 is 17.7 Å². The van der Waals surface area contributed by atoms with E-state index in [0.717, 1.165) is 0 Å². The number of thiocarbonyl (C=S) groups is 1. The predicted octanol–water partition coefficient (Wildman–Crippen LogP) is 2.45. The Balaban J connectivity index is 3.67. The lowest BCUT2D eigenvalue weighted by atomic mass is 10.1. The smallest absolute Gasteiger partial charge is 0.0640 e. The third-order valence-electron chi connectivity index (χ3n) is 1.84.